The van der Waals surface area contributed by atoms with Crippen LogP contribution in [0.2, 0.25) is 0 Å². The maximum Gasteiger partial charge on any atom is 0.416 e. The van der Waals surface area contributed by atoms with Gasteiger partial charge in [0.05, 0.1) is 17.8 Å². The Balaban J connectivity index is 1.43. The average molecular weight is 505 g/mol. The monoisotopic (exact) mass is 504 g/mol. The summed E-state index contributed by atoms with van der Waals surface area (Å²) < 4.78 is 38.5. The van der Waals surface area contributed by atoms with Crippen LogP contribution < -0.4 is 10.6 Å². The SMILES string of the molecule is Cc1cccc(C2(O)CCC(C(=N)C[C@@H](C)NC(=O)CNC(=O)c3cccc(C(F)(F)F)c3)CC2)n1. The number of amides is 2. The molecule has 4 N–H and O–H groups in total. The van der Waals surface area contributed by atoms with Crippen LogP contribution in [0.15, 0.2) is 42.5 Å². The van der Waals surface area contributed by atoms with Crippen molar-refractivity contribution in [2.45, 2.75) is 63.8 Å². The number of halogens is 3. The third-order valence-electron chi connectivity index (χ3n) is 6.47. The van der Waals surface area contributed by atoms with Crippen molar-refractivity contribution in [3.8, 4) is 0 Å². The number of pyridine rings is 1. The maximum absolute atomic E-state index is 12.8. The van der Waals surface area contributed by atoms with Gasteiger partial charge < -0.3 is 21.1 Å². The molecule has 2 aromatic rings. The Morgan fingerprint density at radius 1 is 1.19 bits per heavy atom. The first-order valence-corrected chi connectivity index (χ1v) is 11.9. The van der Waals surface area contributed by atoms with E-state index in [1.807, 2.05) is 25.1 Å². The van der Waals surface area contributed by atoms with Gasteiger partial charge in [-0.1, -0.05) is 12.1 Å². The van der Waals surface area contributed by atoms with Crippen LogP contribution in [0, 0.1) is 18.3 Å². The Kier molecular flexibility index (Phi) is 8.50. The fourth-order valence-electron chi connectivity index (χ4n) is 4.47. The molecule has 1 saturated carbocycles. The van der Waals surface area contributed by atoms with Crippen LogP contribution in [0.25, 0.3) is 0 Å². The lowest BCUT2D eigenvalue weighted by molar-refractivity contribution is -0.137. The molecule has 0 bridgehead atoms. The average Bonchev–Trinajstić information content (AvgIpc) is 2.82. The van der Waals surface area contributed by atoms with Crippen LogP contribution in [0.4, 0.5) is 13.2 Å². The number of aryl methyl sites for hydroxylation is 1. The van der Waals surface area contributed by atoms with Gasteiger partial charge in [-0.15, -0.1) is 0 Å². The first-order chi connectivity index (χ1) is 16.9. The predicted molar refractivity (Wildman–Crippen MR) is 129 cm³/mol. The summed E-state index contributed by atoms with van der Waals surface area (Å²) in [5.74, 6) is -1.29. The number of nitrogens with one attached hydrogen (secondary N) is 3. The summed E-state index contributed by atoms with van der Waals surface area (Å²) in [4.78, 5) is 28.8. The minimum absolute atomic E-state index is 0.00459. The summed E-state index contributed by atoms with van der Waals surface area (Å²) in [6, 6.07) is 9.18. The number of nitrogens with zero attached hydrogens (tertiary/aromatic N) is 1. The third-order valence-corrected chi connectivity index (χ3v) is 6.47. The van der Waals surface area contributed by atoms with Gasteiger partial charge in [-0.25, -0.2) is 0 Å². The summed E-state index contributed by atoms with van der Waals surface area (Å²) in [6.45, 7) is 3.23. The molecule has 1 aromatic carbocycles. The zero-order chi connectivity index (χ0) is 26.5. The fourth-order valence-corrected chi connectivity index (χ4v) is 4.47. The summed E-state index contributed by atoms with van der Waals surface area (Å²) in [5, 5.41) is 24.5. The van der Waals surface area contributed by atoms with Crippen LogP contribution in [0.1, 0.15) is 66.3 Å². The van der Waals surface area contributed by atoms with Gasteiger partial charge in [0.2, 0.25) is 5.91 Å². The van der Waals surface area contributed by atoms with E-state index in [2.05, 4.69) is 15.6 Å². The van der Waals surface area contributed by atoms with Crippen molar-refractivity contribution in [1.29, 1.82) is 5.41 Å². The topological polar surface area (TPSA) is 115 Å². The molecule has 2 amide bonds. The van der Waals surface area contributed by atoms with E-state index in [1.54, 1.807) is 6.92 Å². The second-order valence-corrected chi connectivity index (χ2v) is 9.43. The summed E-state index contributed by atoms with van der Waals surface area (Å²) in [7, 11) is 0. The zero-order valence-electron chi connectivity index (χ0n) is 20.3. The minimum atomic E-state index is -4.57. The van der Waals surface area contributed by atoms with E-state index in [9.17, 15) is 27.9 Å². The quantitative estimate of drug-likeness (QED) is 0.405. The molecule has 36 heavy (non-hydrogen) atoms. The number of benzene rings is 1. The molecular formula is C26H31F3N4O3. The number of alkyl halides is 3. The van der Waals surface area contributed by atoms with E-state index in [0.29, 0.717) is 43.5 Å². The maximum atomic E-state index is 12.8. The van der Waals surface area contributed by atoms with Crippen LogP contribution in [0.3, 0.4) is 0 Å². The minimum Gasteiger partial charge on any atom is -0.384 e. The Hall–Kier alpha value is -3.27. The third kappa shape index (κ3) is 7.13. The first kappa shape index (κ1) is 27.3. The van der Waals surface area contributed by atoms with Gasteiger partial charge in [-0.05, 0) is 75.8 Å². The lowest BCUT2D eigenvalue weighted by Crippen LogP contribution is -2.42. The van der Waals surface area contributed by atoms with Crippen molar-refractivity contribution >= 4 is 17.5 Å². The van der Waals surface area contributed by atoms with Crippen molar-refractivity contribution < 1.29 is 27.9 Å². The standard InChI is InChI=1S/C26H31F3N4O3/c1-16-5-3-8-22(32-16)25(36)11-9-18(10-12-25)21(30)13-17(2)33-23(34)15-31-24(35)19-6-4-7-20(14-19)26(27,28)29/h3-8,14,17-18,30,36H,9-13,15H2,1-2H3,(H,31,35)(H,33,34)/t17-,18?,25?/m1/s1. The van der Waals surface area contributed by atoms with Crippen LogP contribution in [-0.4, -0.2) is 40.2 Å². The van der Waals surface area contributed by atoms with Gasteiger partial charge in [0.25, 0.3) is 5.91 Å². The van der Waals surface area contributed by atoms with Crippen molar-refractivity contribution in [2.75, 3.05) is 6.54 Å². The van der Waals surface area contributed by atoms with Crippen molar-refractivity contribution in [1.82, 2.24) is 15.6 Å². The van der Waals surface area contributed by atoms with Gasteiger partial charge in [0.15, 0.2) is 0 Å². The molecule has 0 unspecified atom stereocenters. The molecule has 1 heterocycles. The van der Waals surface area contributed by atoms with E-state index < -0.39 is 35.7 Å². The van der Waals surface area contributed by atoms with Crippen molar-refractivity contribution in [2.24, 2.45) is 5.92 Å². The zero-order valence-corrected chi connectivity index (χ0v) is 20.3. The Labute approximate surface area is 208 Å². The van der Waals surface area contributed by atoms with Crippen LogP contribution >= 0.6 is 0 Å². The highest BCUT2D eigenvalue weighted by Gasteiger charge is 2.37. The highest BCUT2D eigenvalue weighted by atomic mass is 19.4. The predicted octanol–water partition coefficient (Wildman–Crippen LogP) is 4.13. The van der Waals surface area contributed by atoms with Crippen molar-refractivity contribution in [3.63, 3.8) is 0 Å². The largest absolute Gasteiger partial charge is 0.416 e. The van der Waals surface area contributed by atoms with E-state index in [1.165, 1.54) is 6.07 Å². The molecule has 0 radical (unpaired) electrons. The molecule has 1 aromatic heterocycles. The van der Waals surface area contributed by atoms with E-state index >= 15 is 0 Å². The first-order valence-electron chi connectivity index (χ1n) is 11.9. The smallest absolute Gasteiger partial charge is 0.384 e. The number of hydrogen-bond donors (Lipinski definition) is 4. The van der Waals surface area contributed by atoms with Crippen LogP contribution in [-0.2, 0) is 16.6 Å². The molecule has 194 valence electrons. The Bertz CT molecular complexity index is 1110. The van der Waals surface area contributed by atoms with E-state index in [-0.39, 0.29) is 17.5 Å². The summed E-state index contributed by atoms with van der Waals surface area (Å²) >= 11 is 0. The van der Waals surface area contributed by atoms with Crippen molar-refractivity contribution in [3.05, 3.63) is 65.0 Å². The number of rotatable bonds is 8. The normalized spacial score (nSPS) is 20.9. The van der Waals surface area contributed by atoms with Gasteiger partial charge in [0, 0.05) is 29.4 Å². The number of carbonyl (C=O) groups excluding carboxylic acids is 2. The molecule has 7 nitrogen and oxygen atoms in total. The number of aromatic nitrogens is 1. The Morgan fingerprint density at radius 2 is 1.86 bits per heavy atom. The number of carbonyl (C=O) groups is 2. The molecule has 1 fully saturated rings. The molecule has 1 aliphatic carbocycles. The lowest BCUT2D eigenvalue weighted by Gasteiger charge is -2.36. The summed E-state index contributed by atoms with van der Waals surface area (Å²) in [5.41, 5.74) is -0.157. The van der Waals surface area contributed by atoms with Gasteiger partial charge in [-0.3, -0.25) is 14.6 Å². The fraction of sp³-hybridized carbons (Fsp3) is 0.462. The lowest BCUT2D eigenvalue weighted by atomic mass is 9.74. The highest BCUT2D eigenvalue weighted by Crippen LogP contribution is 2.39. The molecule has 3 rings (SSSR count). The molecule has 1 aliphatic rings. The van der Waals surface area contributed by atoms with Gasteiger partial charge in [0.1, 0.15) is 5.60 Å². The molecule has 10 heteroatoms. The number of aliphatic hydroxyl groups is 1. The second kappa shape index (κ2) is 11.2. The van der Waals surface area contributed by atoms with Crippen LogP contribution in [0.5, 0.6) is 0 Å². The molecule has 0 saturated heterocycles. The molecule has 1 atom stereocenters. The molecule has 0 spiro atoms. The van der Waals surface area contributed by atoms with Gasteiger partial charge >= 0.3 is 6.18 Å². The van der Waals surface area contributed by atoms with Gasteiger partial charge in [-0.2, -0.15) is 13.2 Å². The summed E-state index contributed by atoms with van der Waals surface area (Å²) in [6.07, 6.45) is -1.98. The molecular weight excluding hydrogens is 473 g/mol. The van der Waals surface area contributed by atoms with E-state index in [4.69, 9.17) is 5.41 Å². The van der Waals surface area contributed by atoms with E-state index in [0.717, 1.165) is 23.9 Å². The second-order valence-electron chi connectivity index (χ2n) is 9.43. The molecule has 0 aliphatic heterocycles. The number of hydrogen-bond acceptors (Lipinski definition) is 5. The Morgan fingerprint density at radius 3 is 2.50 bits per heavy atom. The highest BCUT2D eigenvalue weighted by molar-refractivity contribution is 5.96.